The smallest absolute Gasteiger partial charge is 0.244 e. The Balaban J connectivity index is 1.67. The molecule has 7 heteroatoms. The summed E-state index contributed by atoms with van der Waals surface area (Å²) in [4.78, 5) is 4.31. The Kier molecular flexibility index (Phi) is 4.63. The summed E-state index contributed by atoms with van der Waals surface area (Å²) in [5.74, 6) is 0.624. The fraction of sp³-hybridized carbons (Fsp3) is 0.0625. The van der Waals surface area contributed by atoms with Crippen LogP contribution >= 0.6 is 11.6 Å². The standard InChI is InChI=1S/C16H13ClFN5/c17-13-3-1-2-4-14(13)21-15-10-20-23-16(22-15)19-9-11-5-7-12(18)8-6-11/h1-8,10H,9H2,(H2,19,21,22,23). The van der Waals surface area contributed by atoms with E-state index in [1.807, 2.05) is 18.2 Å². The molecule has 0 amide bonds. The summed E-state index contributed by atoms with van der Waals surface area (Å²) in [7, 11) is 0. The van der Waals surface area contributed by atoms with Gasteiger partial charge in [-0.25, -0.2) is 4.39 Å². The predicted octanol–water partition coefficient (Wildman–Crippen LogP) is 4.02. The topological polar surface area (TPSA) is 62.7 Å². The molecule has 0 aliphatic rings. The number of hydrogen-bond donors (Lipinski definition) is 2. The summed E-state index contributed by atoms with van der Waals surface area (Å²) < 4.78 is 12.9. The molecule has 0 atom stereocenters. The van der Waals surface area contributed by atoms with E-state index in [2.05, 4.69) is 25.8 Å². The van der Waals surface area contributed by atoms with Gasteiger partial charge in [-0.05, 0) is 29.8 Å². The van der Waals surface area contributed by atoms with Crippen LogP contribution in [0.2, 0.25) is 5.02 Å². The molecule has 0 saturated heterocycles. The number of nitrogens with zero attached hydrogens (tertiary/aromatic N) is 3. The summed E-state index contributed by atoms with van der Waals surface area (Å²) in [6.45, 7) is 0.470. The fourth-order valence-electron chi connectivity index (χ4n) is 1.92. The van der Waals surface area contributed by atoms with Gasteiger partial charge in [-0.15, -0.1) is 5.10 Å². The molecule has 3 rings (SSSR count). The molecule has 0 unspecified atom stereocenters. The van der Waals surface area contributed by atoms with Gasteiger partial charge in [0, 0.05) is 6.54 Å². The maximum atomic E-state index is 12.9. The van der Waals surface area contributed by atoms with Crippen molar-refractivity contribution in [3.05, 3.63) is 71.1 Å². The Morgan fingerprint density at radius 3 is 2.61 bits per heavy atom. The first-order valence-electron chi connectivity index (χ1n) is 6.90. The van der Waals surface area contributed by atoms with Crippen LogP contribution in [0.4, 0.5) is 21.8 Å². The van der Waals surface area contributed by atoms with Crippen LogP contribution in [-0.2, 0) is 6.54 Å². The predicted molar refractivity (Wildman–Crippen MR) is 88.3 cm³/mol. The summed E-state index contributed by atoms with van der Waals surface area (Å²) in [5, 5.41) is 14.5. The van der Waals surface area contributed by atoms with Gasteiger partial charge < -0.3 is 10.6 Å². The maximum absolute atomic E-state index is 12.9. The molecule has 0 bridgehead atoms. The highest BCUT2D eigenvalue weighted by Gasteiger charge is 2.04. The van der Waals surface area contributed by atoms with Crippen molar-refractivity contribution in [3.63, 3.8) is 0 Å². The van der Waals surface area contributed by atoms with Crippen molar-refractivity contribution in [1.82, 2.24) is 15.2 Å². The van der Waals surface area contributed by atoms with Crippen molar-refractivity contribution < 1.29 is 4.39 Å². The normalized spacial score (nSPS) is 10.3. The molecule has 0 radical (unpaired) electrons. The number of para-hydroxylation sites is 1. The molecule has 0 aliphatic carbocycles. The van der Waals surface area contributed by atoms with Crippen molar-refractivity contribution in [3.8, 4) is 0 Å². The Morgan fingerprint density at radius 2 is 1.83 bits per heavy atom. The SMILES string of the molecule is Fc1ccc(CNc2nncc(Nc3ccccc3Cl)n2)cc1. The van der Waals surface area contributed by atoms with Gasteiger partial charge in [-0.3, -0.25) is 0 Å². The Bertz CT molecular complexity index is 794. The van der Waals surface area contributed by atoms with E-state index in [1.165, 1.54) is 18.3 Å². The quantitative estimate of drug-likeness (QED) is 0.740. The Labute approximate surface area is 137 Å². The Hall–Kier alpha value is -2.73. The van der Waals surface area contributed by atoms with Crippen LogP contribution in [0.25, 0.3) is 0 Å². The molecule has 0 spiro atoms. The van der Waals surface area contributed by atoms with Gasteiger partial charge in [-0.2, -0.15) is 10.1 Å². The fourth-order valence-corrected chi connectivity index (χ4v) is 2.11. The number of hydrogen-bond acceptors (Lipinski definition) is 5. The number of rotatable bonds is 5. The van der Waals surface area contributed by atoms with Gasteiger partial charge in [0.15, 0.2) is 5.82 Å². The first-order valence-corrected chi connectivity index (χ1v) is 7.28. The van der Waals surface area contributed by atoms with Crippen LogP contribution < -0.4 is 10.6 Å². The Morgan fingerprint density at radius 1 is 1.04 bits per heavy atom. The van der Waals surface area contributed by atoms with E-state index in [-0.39, 0.29) is 5.82 Å². The summed E-state index contributed by atoms with van der Waals surface area (Å²) in [5.41, 5.74) is 1.65. The van der Waals surface area contributed by atoms with Gasteiger partial charge in [0.2, 0.25) is 5.95 Å². The van der Waals surface area contributed by atoms with Crippen LogP contribution in [0.1, 0.15) is 5.56 Å². The molecule has 2 aromatic carbocycles. The van der Waals surface area contributed by atoms with Gasteiger partial charge in [-0.1, -0.05) is 35.9 Å². The maximum Gasteiger partial charge on any atom is 0.244 e. The van der Waals surface area contributed by atoms with Crippen molar-refractivity contribution in [2.75, 3.05) is 10.6 Å². The second-order valence-electron chi connectivity index (χ2n) is 4.75. The molecule has 0 aliphatic heterocycles. The van der Waals surface area contributed by atoms with E-state index in [0.717, 1.165) is 11.3 Å². The third kappa shape index (κ3) is 4.14. The molecule has 23 heavy (non-hydrogen) atoms. The van der Waals surface area contributed by atoms with Crippen LogP contribution in [0, 0.1) is 5.82 Å². The molecule has 2 N–H and O–H groups in total. The third-order valence-corrected chi connectivity index (χ3v) is 3.39. The number of nitrogens with one attached hydrogen (secondary N) is 2. The molecular weight excluding hydrogens is 317 g/mol. The van der Waals surface area contributed by atoms with Gasteiger partial charge in [0.1, 0.15) is 5.82 Å². The zero-order chi connectivity index (χ0) is 16.1. The third-order valence-electron chi connectivity index (χ3n) is 3.06. The highest BCUT2D eigenvalue weighted by molar-refractivity contribution is 6.33. The zero-order valence-electron chi connectivity index (χ0n) is 12.0. The lowest BCUT2D eigenvalue weighted by molar-refractivity contribution is 0.627. The lowest BCUT2D eigenvalue weighted by atomic mass is 10.2. The lowest BCUT2D eigenvalue weighted by Crippen LogP contribution is -2.06. The summed E-state index contributed by atoms with van der Waals surface area (Å²) in [6.07, 6.45) is 1.51. The van der Waals surface area contributed by atoms with Crippen LogP contribution in [0.5, 0.6) is 0 Å². The molecule has 0 fully saturated rings. The van der Waals surface area contributed by atoms with E-state index in [0.29, 0.717) is 23.3 Å². The van der Waals surface area contributed by atoms with Gasteiger partial charge >= 0.3 is 0 Å². The first-order chi connectivity index (χ1) is 11.2. The monoisotopic (exact) mass is 329 g/mol. The van der Waals surface area contributed by atoms with E-state index < -0.39 is 0 Å². The summed E-state index contributed by atoms with van der Waals surface area (Å²) >= 11 is 6.10. The van der Waals surface area contributed by atoms with Crippen molar-refractivity contribution in [2.45, 2.75) is 6.54 Å². The van der Waals surface area contributed by atoms with E-state index in [1.54, 1.807) is 18.2 Å². The van der Waals surface area contributed by atoms with E-state index in [4.69, 9.17) is 11.6 Å². The molecule has 5 nitrogen and oxygen atoms in total. The van der Waals surface area contributed by atoms with Crippen molar-refractivity contribution in [2.24, 2.45) is 0 Å². The lowest BCUT2D eigenvalue weighted by Gasteiger charge is -2.08. The second kappa shape index (κ2) is 7.02. The highest BCUT2D eigenvalue weighted by Crippen LogP contribution is 2.23. The minimum absolute atomic E-state index is 0.266. The molecule has 0 saturated carbocycles. The minimum atomic E-state index is -0.266. The van der Waals surface area contributed by atoms with Gasteiger partial charge in [0.05, 0.1) is 16.9 Å². The summed E-state index contributed by atoms with van der Waals surface area (Å²) in [6, 6.07) is 13.6. The number of benzene rings is 2. The van der Waals surface area contributed by atoms with E-state index in [9.17, 15) is 4.39 Å². The highest BCUT2D eigenvalue weighted by atomic mass is 35.5. The van der Waals surface area contributed by atoms with Crippen LogP contribution in [0.15, 0.2) is 54.7 Å². The number of aromatic nitrogens is 3. The number of halogens is 2. The van der Waals surface area contributed by atoms with Gasteiger partial charge in [0.25, 0.3) is 0 Å². The number of anilines is 3. The average molecular weight is 330 g/mol. The molecular formula is C16H13ClFN5. The van der Waals surface area contributed by atoms with E-state index >= 15 is 0 Å². The molecule has 1 heterocycles. The second-order valence-corrected chi connectivity index (χ2v) is 5.16. The average Bonchev–Trinajstić information content (AvgIpc) is 2.57. The molecule has 116 valence electrons. The largest absolute Gasteiger partial charge is 0.349 e. The first kappa shape index (κ1) is 15.2. The van der Waals surface area contributed by atoms with Crippen LogP contribution in [-0.4, -0.2) is 15.2 Å². The minimum Gasteiger partial charge on any atom is -0.349 e. The molecule has 3 aromatic rings. The zero-order valence-corrected chi connectivity index (χ0v) is 12.8. The van der Waals surface area contributed by atoms with Crippen molar-refractivity contribution in [1.29, 1.82) is 0 Å². The van der Waals surface area contributed by atoms with Crippen molar-refractivity contribution >= 4 is 29.1 Å². The molecule has 1 aromatic heterocycles. The van der Waals surface area contributed by atoms with Crippen LogP contribution in [0.3, 0.4) is 0 Å².